The minimum absolute atomic E-state index is 0.0296. The molecule has 2 saturated carbocycles. The van der Waals surface area contributed by atoms with Crippen molar-refractivity contribution < 1.29 is 13.5 Å². The molecule has 0 atom stereocenters. The lowest BCUT2D eigenvalue weighted by molar-refractivity contribution is 0.142. The average Bonchev–Trinajstić information content (AvgIpc) is 2.70. The maximum Gasteiger partial charge on any atom is 0.131 e. The van der Waals surface area contributed by atoms with Crippen LogP contribution in [0.1, 0.15) is 81.8 Å². The van der Waals surface area contributed by atoms with Crippen LogP contribution in [-0.4, -0.2) is 6.61 Å². The standard InChI is InChI=1S/C24H34F2O/c1-3-13-27-16-22-23(25)14-21(15-24(22)26)20-11-9-19(10-12-20)18-7-5-17(4-2)6-8-18/h3,14-15,17-20H,1,4-13,16H2,2H3/t17-,18-,19-,20-. The summed E-state index contributed by atoms with van der Waals surface area (Å²) in [7, 11) is 0. The highest BCUT2D eigenvalue weighted by Crippen LogP contribution is 2.44. The molecule has 0 saturated heterocycles. The Morgan fingerprint density at radius 2 is 1.52 bits per heavy atom. The van der Waals surface area contributed by atoms with E-state index in [-0.39, 0.29) is 12.2 Å². The molecule has 1 nitrogen and oxygen atoms in total. The predicted octanol–water partition coefficient (Wildman–Crippen LogP) is 7.16. The first kappa shape index (κ1) is 20.5. The predicted molar refractivity (Wildman–Crippen MR) is 107 cm³/mol. The number of hydrogen-bond acceptors (Lipinski definition) is 1. The second-order valence-electron chi connectivity index (χ2n) is 8.57. The summed E-state index contributed by atoms with van der Waals surface area (Å²) >= 11 is 0. The summed E-state index contributed by atoms with van der Waals surface area (Å²) in [5, 5.41) is 0. The van der Waals surface area contributed by atoms with Crippen LogP contribution in [0.3, 0.4) is 0 Å². The van der Waals surface area contributed by atoms with Gasteiger partial charge in [-0.3, -0.25) is 0 Å². The maximum absolute atomic E-state index is 14.4. The van der Waals surface area contributed by atoms with Crippen molar-refractivity contribution in [3.63, 3.8) is 0 Å². The van der Waals surface area contributed by atoms with Gasteiger partial charge in [0, 0.05) is 5.56 Å². The lowest BCUT2D eigenvalue weighted by Gasteiger charge is -2.38. The van der Waals surface area contributed by atoms with Crippen LogP contribution in [0.4, 0.5) is 8.78 Å². The van der Waals surface area contributed by atoms with Crippen LogP contribution in [-0.2, 0) is 11.3 Å². The third-order valence-electron chi connectivity index (χ3n) is 7.02. The summed E-state index contributed by atoms with van der Waals surface area (Å²) < 4.78 is 34.0. The Kier molecular flexibility index (Phi) is 7.46. The molecule has 0 unspecified atom stereocenters. The maximum atomic E-state index is 14.4. The van der Waals surface area contributed by atoms with Gasteiger partial charge in [0.1, 0.15) is 11.6 Å². The van der Waals surface area contributed by atoms with Gasteiger partial charge in [0.25, 0.3) is 0 Å². The molecule has 0 spiro atoms. The summed E-state index contributed by atoms with van der Waals surface area (Å²) in [6.07, 6.45) is 13.0. The van der Waals surface area contributed by atoms with E-state index in [1.807, 2.05) is 0 Å². The molecule has 2 fully saturated rings. The molecule has 150 valence electrons. The highest BCUT2D eigenvalue weighted by molar-refractivity contribution is 5.28. The largest absolute Gasteiger partial charge is 0.373 e. The molecule has 0 bridgehead atoms. The Bertz CT molecular complexity index is 588. The molecule has 1 aromatic carbocycles. The van der Waals surface area contributed by atoms with E-state index in [0.29, 0.717) is 12.5 Å². The van der Waals surface area contributed by atoms with Crippen LogP contribution in [0.15, 0.2) is 24.8 Å². The molecule has 2 aliphatic carbocycles. The van der Waals surface area contributed by atoms with Crippen LogP contribution in [0.25, 0.3) is 0 Å². The number of benzene rings is 1. The first-order valence-electron chi connectivity index (χ1n) is 10.8. The fourth-order valence-corrected chi connectivity index (χ4v) is 5.23. The first-order valence-corrected chi connectivity index (χ1v) is 10.8. The van der Waals surface area contributed by atoms with Gasteiger partial charge in [0.15, 0.2) is 0 Å². The average molecular weight is 377 g/mol. The summed E-state index contributed by atoms with van der Waals surface area (Å²) in [6, 6.07) is 3.07. The number of ether oxygens (including phenoxy) is 1. The van der Waals surface area contributed by atoms with Crippen molar-refractivity contribution >= 4 is 0 Å². The summed E-state index contributed by atoms with van der Waals surface area (Å²) in [5.41, 5.74) is 0.854. The van der Waals surface area contributed by atoms with Crippen molar-refractivity contribution in [2.24, 2.45) is 17.8 Å². The number of hydrogen-bond donors (Lipinski definition) is 0. The van der Waals surface area contributed by atoms with Crippen LogP contribution >= 0.6 is 0 Å². The summed E-state index contributed by atoms with van der Waals surface area (Å²) in [6.45, 7) is 6.11. The number of halogens is 2. The van der Waals surface area contributed by atoms with Crippen LogP contribution in [0, 0.1) is 29.4 Å². The normalized spacial score (nSPS) is 28.9. The van der Waals surface area contributed by atoms with E-state index in [0.717, 1.165) is 36.2 Å². The quantitative estimate of drug-likeness (QED) is 0.362. The van der Waals surface area contributed by atoms with Crippen LogP contribution in [0.2, 0.25) is 0 Å². The second kappa shape index (κ2) is 9.82. The molecule has 0 N–H and O–H groups in total. The number of rotatable bonds is 7. The van der Waals surface area contributed by atoms with Gasteiger partial charge in [-0.1, -0.05) is 32.3 Å². The zero-order valence-corrected chi connectivity index (χ0v) is 16.7. The SMILES string of the molecule is C=CCOCc1c(F)cc([C@H]2CC[C@H]([C@H]3CC[C@H](CC)CC3)CC2)cc1F. The molecule has 2 aliphatic rings. The van der Waals surface area contributed by atoms with Crippen molar-refractivity contribution in [2.75, 3.05) is 6.61 Å². The minimum Gasteiger partial charge on any atom is -0.373 e. The van der Waals surface area contributed by atoms with E-state index >= 15 is 0 Å². The minimum atomic E-state index is -0.478. The molecule has 0 heterocycles. The van der Waals surface area contributed by atoms with Gasteiger partial charge in [-0.05, 0) is 79.9 Å². The summed E-state index contributed by atoms with van der Waals surface area (Å²) in [5.74, 6) is 1.98. The fraction of sp³-hybridized carbons (Fsp3) is 0.667. The Balaban J connectivity index is 1.55. The summed E-state index contributed by atoms with van der Waals surface area (Å²) in [4.78, 5) is 0. The smallest absolute Gasteiger partial charge is 0.131 e. The van der Waals surface area contributed by atoms with Crippen molar-refractivity contribution in [1.82, 2.24) is 0 Å². The van der Waals surface area contributed by atoms with Gasteiger partial charge in [0.2, 0.25) is 0 Å². The van der Waals surface area contributed by atoms with Gasteiger partial charge in [-0.25, -0.2) is 8.78 Å². The molecule has 3 rings (SSSR count). The lowest BCUT2D eigenvalue weighted by Crippen LogP contribution is -2.25. The van der Waals surface area contributed by atoms with Gasteiger partial charge in [0.05, 0.1) is 13.2 Å². The van der Waals surface area contributed by atoms with Gasteiger partial charge in [-0.2, -0.15) is 0 Å². The molecular weight excluding hydrogens is 342 g/mol. The van der Waals surface area contributed by atoms with Gasteiger partial charge < -0.3 is 4.74 Å². The highest BCUT2D eigenvalue weighted by Gasteiger charge is 2.31. The van der Waals surface area contributed by atoms with E-state index in [2.05, 4.69) is 13.5 Å². The van der Waals surface area contributed by atoms with E-state index in [4.69, 9.17) is 4.74 Å². The zero-order valence-electron chi connectivity index (χ0n) is 16.7. The van der Waals surface area contributed by atoms with Crippen molar-refractivity contribution in [3.05, 3.63) is 47.5 Å². The molecular formula is C24H34F2O. The molecule has 0 amide bonds. The van der Waals surface area contributed by atoms with E-state index in [9.17, 15) is 8.78 Å². The Morgan fingerprint density at radius 3 is 2.04 bits per heavy atom. The first-order chi connectivity index (χ1) is 13.1. The van der Waals surface area contributed by atoms with Crippen molar-refractivity contribution in [1.29, 1.82) is 0 Å². The van der Waals surface area contributed by atoms with Crippen LogP contribution < -0.4 is 0 Å². The fourth-order valence-electron chi connectivity index (χ4n) is 5.23. The third-order valence-corrected chi connectivity index (χ3v) is 7.02. The van der Waals surface area contributed by atoms with Crippen molar-refractivity contribution in [2.45, 2.75) is 77.2 Å². The second-order valence-corrected chi connectivity index (χ2v) is 8.57. The van der Waals surface area contributed by atoms with E-state index < -0.39 is 11.6 Å². The molecule has 1 aromatic rings. The van der Waals surface area contributed by atoms with Gasteiger partial charge in [-0.15, -0.1) is 6.58 Å². The van der Waals surface area contributed by atoms with E-state index in [1.165, 1.54) is 57.1 Å². The Labute approximate surface area is 163 Å². The van der Waals surface area contributed by atoms with Gasteiger partial charge >= 0.3 is 0 Å². The third kappa shape index (κ3) is 5.19. The molecule has 0 aromatic heterocycles. The monoisotopic (exact) mass is 376 g/mol. The molecule has 27 heavy (non-hydrogen) atoms. The zero-order chi connectivity index (χ0) is 19.2. The van der Waals surface area contributed by atoms with E-state index in [1.54, 1.807) is 6.08 Å². The van der Waals surface area contributed by atoms with Crippen LogP contribution in [0.5, 0.6) is 0 Å². The Hall–Kier alpha value is -1.22. The Morgan fingerprint density at radius 1 is 0.963 bits per heavy atom. The lowest BCUT2D eigenvalue weighted by atomic mass is 9.68. The molecule has 0 aliphatic heterocycles. The molecule has 3 heteroatoms. The topological polar surface area (TPSA) is 9.23 Å². The highest BCUT2D eigenvalue weighted by atomic mass is 19.1. The molecule has 0 radical (unpaired) electrons. The van der Waals surface area contributed by atoms with Crippen molar-refractivity contribution in [3.8, 4) is 0 Å².